The van der Waals surface area contributed by atoms with E-state index in [1.165, 1.54) is 6.08 Å². The molecule has 6 nitrogen and oxygen atoms in total. The summed E-state index contributed by atoms with van der Waals surface area (Å²) in [5, 5.41) is 11.4. The van der Waals surface area contributed by atoms with Gasteiger partial charge in [-0.25, -0.2) is 0 Å². The fourth-order valence-corrected chi connectivity index (χ4v) is 2.33. The summed E-state index contributed by atoms with van der Waals surface area (Å²) < 4.78 is 0. The van der Waals surface area contributed by atoms with Gasteiger partial charge in [0.2, 0.25) is 5.91 Å². The van der Waals surface area contributed by atoms with Gasteiger partial charge >= 0.3 is 0 Å². The number of carbonyl (C=O) groups is 2. The summed E-state index contributed by atoms with van der Waals surface area (Å²) in [6, 6.07) is 12.7. The number of benzene rings is 1. The van der Waals surface area contributed by atoms with Crippen molar-refractivity contribution in [1.82, 2.24) is 15.2 Å². The van der Waals surface area contributed by atoms with E-state index in [0.717, 1.165) is 11.1 Å². The van der Waals surface area contributed by atoms with Gasteiger partial charge in [0.1, 0.15) is 0 Å². The molecule has 1 aromatic carbocycles. The SMILES string of the molecule is CNC(=O)c1ccc(/C=C/C(=O)N(CCC#N)Cc2cccnc2)cc1. The lowest BCUT2D eigenvalue weighted by molar-refractivity contribution is -0.126. The number of amides is 2. The molecular formula is C20H20N4O2. The summed E-state index contributed by atoms with van der Waals surface area (Å²) in [7, 11) is 1.58. The zero-order valence-electron chi connectivity index (χ0n) is 14.6. The minimum atomic E-state index is -0.181. The highest BCUT2D eigenvalue weighted by atomic mass is 16.2. The van der Waals surface area contributed by atoms with Gasteiger partial charge in [-0.05, 0) is 35.4 Å². The molecule has 0 fully saturated rings. The Morgan fingerprint density at radius 1 is 1.27 bits per heavy atom. The smallest absolute Gasteiger partial charge is 0.251 e. The number of nitrogens with zero attached hydrogens (tertiary/aromatic N) is 3. The van der Waals surface area contributed by atoms with Crippen molar-refractivity contribution >= 4 is 17.9 Å². The molecule has 26 heavy (non-hydrogen) atoms. The molecule has 2 aromatic rings. The largest absolute Gasteiger partial charge is 0.355 e. The zero-order valence-corrected chi connectivity index (χ0v) is 14.6. The third-order valence-electron chi connectivity index (χ3n) is 3.72. The maximum atomic E-state index is 12.5. The van der Waals surface area contributed by atoms with E-state index in [4.69, 9.17) is 5.26 Å². The summed E-state index contributed by atoms with van der Waals surface area (Å²) in [5.74, 6) is -0.338. The van der Waals surface area contributed by atoms with Crippen LogP contribution in [0.2, 0.25) is 0 Å². The van der Waals surface area contributed by atoms with Crippen molar-refractivity contribution < 1.29 is 9.59 Å². The van der Waals surface area contributed by atoms with Crippen molar-refractivity contribution in [2.75, 3.05) is 13.6 Å². The lowest BCUT2D eigenvalue weighted by Crippen LogP contribution is -2.29. The van der Waals surface area contributed by atoms with E-state index < -0.39 is 0 Å². The molecule has 1 aromatic heterocycles. The van der Waals surface area contributed by atoms with Crippen LogP contribution in [0, 0.1) is 11.3 Å². The fraction of sp³-hybridized carbons (Fsp3) is 0.200. The lowest BCUT2D eigenvalue weighted by atomic mass is 10.1. The van der Waals surface area contributed by atoms with Gasteiger partial charge in [-0.15, -0.1) is 0 Å². The van der Waals surface area contributed by atoms with Crippen LogP contribution in [0.4, 0.5) is 0 Å². The molecule has 0 aliphatic carbocycles. The first-order valence-corrected chi connectivity index (χ1v) is 8.19. The molecule has 2 amide bonds. The molecule has 132 valence electrons. The van der Waals surface area contributed by atoms with E-state index in [2.05, 4.69) is 16.4 Å². The van der Waals surface area contributed by atoms with Gasteiger partial charge in [0.05, 0.1) is 12.5 Å². The Kier molecular flexibility index (Phi) is 7.07. The Hall–Kier alpha value is -3.46. The standard InChI is InChI=1S/C20H20N4O2/c1-22-20(26)18-8-5-16(6-9-18)7-10-19(25)24(13-3-11-21)15-17-4-2-12-23-14-17/h2,4-10,12,14H,3,13,15H2,1H3,(H,22,26)/b10-7+. The number of carbonyl (C=O) groups excluding carboxylic acids is 2. The molecule has 0 unspecified atom stereocenters. The highest BCUT2D eigenvalue weighted by Gasteiger charge is 2.11. The highest BCUT2D eigenvalue weighted by molar-refractivity contribution is 5.94. The predicted octanol–water partition coefficient (Wildman–Crippen LogP) is 2.40. The monoisotopic (exact) mass is 348 g/mol. The van der Waals surface area contributed by atoms with Crippen LogP contribution < -0.4 is 5.32 Å². The Labute approximate surface area is 152 Å². The lowest BCUT2D eigenvalue weighted by Gasteiger charge is -2.19. The second kappa shape index (κ2) is 9.74. The second-order valence-electron chi connectivity index (χ2n) is 5.56. The van der Waals surface area contributed by atoms with Crippen LogP contribution in [0.15, 0.2) is 54.9 Å². The topological polar surface area (TPSA) is 86.1 Å². The van der Waals surface area contributed by atoms with Gasteiger partial charge in [0.25, 0.3) is 5.91 Å². The van der Waals surface area contributed by atoms with Crippen LogP contribution in [-0.4, -0.2) is 35.3 Å². The molecule has 0 bridgehead atoms. The van der Waals surface area contributed by atoms with E-state index in [1.807, 2.05) is 12.1 Å². The first-order chi connectivity index (χ1) is 12.6. The molecule has 0 aliphatic heterocycles. The van der Waals surface area contributed by atoms with E-state index >= 15 is 0 Å². The predicted molar refractivity (Wildman–Crippen MR) is 98.8 cm³/mol. The third-order valence-corrected chi connectivity index (χ3v) is 3.72. The number of hydrogen-bond acceptors (Lipinski definition) is 4. The average molecular weight is 348 g/mol. The molecule has 2 rings (SSSR count). The highest BCUT2D eigenvalue weighted by Crippen LogP contribution is 2.09. The van der Waals surface area contributed by atoms with Crippen molar-refractivity contribution in [3.63, 3.8) is 0 Å². The number of aromatic nitrogens is 1. The van der Waals surface area contributed by atoms with Crippen molar-refractivity contribution in [3.05, 3.63) is 71.6 Å². The van der Waals surface area contributed by atoms with Gasteiger partial charge in [-0.3, -0.25) is 14.6 Å². The van der Waals surface area contributed by atoms with E-state index in [0.29, 0.717) is 18.7 Å². The molecule has 1 heterocycles. The van der Waals surface area contributed by atoms with Crippen molar-refractivity contribution in [3.8, 4) is 6.07 Å². The number of pyridine rings is 1. The minimum Gasteiger partial charge on any atom is -0.355 e. The van der Waals surface area contributed by atoms with E-state index in [9.17, 15) is 9.59 Å². The number of rotatable bonds is 7. The van der Waals surface area contributed by atoms with Gasteiger partial charge in [-0.1, -0.05) is 18.2 Å². The summed E-state index contributed by atoms with van der Waals surface area (Å²) in [6.45, 7) is 0.748. The Bertz CT molecular complexity index is 808. The second-order valence-corrected chi connectivity index (χ2v) is 5.56. The molecule has 6 heteroatoms. The average Bonchev–Trinajstić information content (AvgIpc) is 2.69. The first-order valence-electron chi connectivity index (χ1n) is 8.19. The van der Waals surface area contributed by atoms with Gasteiger partial charge < -0.3 is 10.2 Å². The molecule has 0 atom stereocenters. The summed E-state index contributed by atoms with van der Waals surface area (Å²) >= 11 is 0. The summed E-state index contributed by atoms with van der Waals surface area (Å²) in [6.07, 6.45) is 6.81. The molecule has 0 saturated carbocycles. The van der Waals surface area contributed by atoms with Crippen LogP contribution in [0.3, 0.4) is 0 Å². The third kappa shape index (κ3) is 5.56. The van der Waals surface area contributed by atoms with Crippen LogP contribution >= 0.6 is 0 Å². The van der Waals surface area contributed by atoms with Gasteiger partial charge in [-0.2, -0.15) is 5.26 Å². The van der Waals surface area contributed by atoms with Crippen LogP contribution in [0.25, 0.3) is 6.08 Å². The molecule has 0 spiro atoms. The van der Waals surface area contributed by atoms with Crippen molar-refractivity contribution in [2.45, 2.75) is 13.0 Å². The number of nitrogens with one attached hydrogen (secondary N) is 1. The first kappa shape index (κ1) is 18.9. The van der Waals surface area contributed by atoms with E-state index in [-0.39, 0.29) is 18.2 Å². The zero-order chi connectivity index (χ0) is 18.8. The molecule has 0 aliphatic rings. The Morgan fingerprint density at radius 2 is 2.04 bits per heavy atom. The summed E-state index contributed by atoms with van der Waals surface area (Å²) in [5.41, 5.74) is 2.28. The Morgan fingerprint density at radius 3 is 2.65 bits per heavy atom. The minimum absolute atomic E-state index is 0.157. The molecule has 1 N–H and O–H groups in total. The van der Waals surface area contributed by atoms with Gasteiger partial charge in [0.15, 0.2) is 0 Å². The normalized spacial score (nSPS) is 10.3. The van der Waals surface area contributed by atoms with Crippen molar-refractivity contribution in [1.29, 1.82) is 5.26 Å². The van der Waals surface area contributed by atoms with Crippen molar-refractivity contribution in [2.24, 2.45) is 0 Å². The number of nitriles is 1. The van der Waals surface area contributed by atoms with Gasteiger partial charge in [0, 0.05) is 44.2 Å². The quantitative estimate of drug-likeness (QED) is 0.779. The van der Waals surface area contributed by atoms with Crippen LogP contribution in [0.5, 0.6) is 0 Å². The number of hydrogen-bond donors (Lipinski definition) is 1. The fourth-order valence-electron chi connectivity index (χ4n) is 2.33. The van der Waals surface area contributed by atoms with Crippen LogP contribution in [0.1, 0.15) is 27.9 Å². The maximum Gasteiger partial charge on any atom is 0.251 e. The Balaban J connectivity index is 2.06. The molecular weight excluding hydrogens is 328 g/mol. The molecule has 0 radical (unpaired) electrons. The maximum absolute atomic E-state index is 12.5. The van der Waals surface area contributed by atoms with Crippen LogP contribution in [-0.2, 0) is 11.3 Å². The summed E-state index contributed by atoms with van der Waals surface area (Å²) in [4.78, 5) is 29.7. The van der Waals surface area contributed by atoms with E-state index in [1.54, 1.807) is 54.7 Å². The molecule has 0 saturated heterocycles.